The molecule has 0 aliphatic rings. The molecule has 106 valence electrons. The lowest BCUT2D eigenvalue weighted by Crippen LogP contribution is -2.03. The van der Waals surface area contributed by atoms with Crippen LogP contribution in [0.3, 0.4) is 0 Å². The van der Waals surface area contributed by atoms with Crippen LogP contribution in [-0.2, 0) is 6.54 Å². The average Bonchev–Trinajstić information content (AvgIpc) is 3.00. The molecule has 0 fully saturated rings. The third-order valence-corrected chi connectivity index (χ3v) is 3.20. The molecule has 5 heteroatoms. The smallest absolute Gasteiger partial charge is 0.153 e. The van der Waals surface area contributed by atoms with E-state index in [-0.39, 0.29) is 0 Å². The Labute approximate surface area is 123 Å². The van der Waals surface area contributed by atoms with Crippen molar-refractivity contribution in [3.63, 3.8) is 0 Å². The van der Waals surface area contributed by atoms with Crippen LogP contribution >= 0.6 is 0 Å². The molecular weight excluding hydrogens is 264 g/mol. The summed E-state index contributed by atoms with van der Waals surface area (Å²) in [5.74, 6) is 1.56. The Balaban J connectivity index is 2.15. The third-order valence-electron chi connectivity index (χ3n) is 3.20. The van der Waals surface area contributed by atoms with Crippen LogP contribution < -0.4 is 10.5 Å². The SMILES string of the molecule is COc1cccc(-c2cc(CN)nn2-c2ccccn2)c1. The second-order valence-electron chi connectivity index (χ2n) is 4.56. The van der Waals surface area contributed by atoms with E-state index in [0.29, 0.717) is 6.54 Å². The molecule has 2 N–H and O–H groups in total. The maximum Gasteiger partial charge on any atom is 0.153 e. The van der Waals surface area contributed by atoms with Gasteiger partial charge in [-0.05, 0) is 30.3 Å². The Kier molecular flexibility index (Phi) is 3.66. The van der Waals surface area contributed by atoms with Crippen molar-refractivity contribution in [1.29, 1.82) is 0 Å². The third kappa shape index (κ3) is 2.64. The van der Waals surface area contributed by atoms with Gasteiger partial charge in [0.05, 0.1) is 18.5 Å². The van der Waals surface area contributed by atoms with Gasteiger partial charge in [-0.1, -0.05) is 18.2 Å². The van der Waals surface area contributed by atoms with Crippen molar-refractivity contribution < 1.29 is 4.74 Å². The standard InChI is InChI=1S/C16H16N4O/c1-21-14-6-4-5-12(9-14)15-10-13(11-17)19-20(15)16-7-2-3-8-18-16/h2-10H,11,17H2,1H3. The van der Waals surface area contributed by atoms with Crippen molar-refractivity contribution in [3.8, 4) is 22.8 Å². The highest BCUT2D eigenvalue weighted by Gasteiger charge is 2.12. The molecule has 3 rings (SSSR count). The van der Waals surface area contributed by atoms with Gasteiger partial charge >= 0.3 is 0 Å². The van der Waals surface area contributed by atoms with Crippen molar-refractivity contribution in [3.05, 3.63) is 60.4 Å². The zero-order valence-electron chi connectivity index (χ0n) is 11.7. The summed E-state index contributed by atoms with van der Waals surface area (Å²) in [7, 11) is 1.65. The number of nitrogens with zero attached hydrogens (tertiary/aromatic N) is 3. The van der Waals surface area contributed by atoms with Gasteiger partial charge in [-0.25, -0.2) is 9.67 Å². The molecule has 3 aromatic rings. The summed E-state index contributed by atoms with van der Waals surface area (Å²) < 4.78 is 7.09. The molecule has 0 radical (unpaired) electrons. The van der Waals surface area contributed by atoms with E-state index in [1.165, 1.54) is 0 Å². The summed E-state index contributed by atoms with van der Waals surface area (Å²) >= 11 is 0. The van der Waals surface area contributed by atoms with Crippen molar-refractivity contribution >= 4 is 0 Å². The fraction of sp³-hybridized carbons (Fsp3) is 0.125. The van der Waals surface area contributed by atoms with E-state index in [1.807, 2.05) is 48.5 Å². The van der Waals surface area contributed by atoms with Gasteiger partial charge in [0.1, 0.15) is 5.75 Å². The topological polar surface area (TPSA) is 66.0 Å². The van der Waals surface area contributed by atoms with Gasteiger partial charge in [0, 0.05) is 18.3 Å². The van der Waals surface area contributed by atoms with Crippen LogP contribution in [0, 0.1) is 0 Å². The normalized spacial score (nSPS) is 10.6. The van der Waals surface area contributed by atoms with Gasteiger partial charge in [-0.15, -0.1) is 0 Å². The van der Waals surface area contributed by atoms with Gasteiger partial charge in [0.25, 0.3) is 0 Å². The highest BCUT2D eigenvalue weighted by atomic mass is 16.5. The number of ether oxygens (including phenoxy) is 1. The number of nitrogens with two attached hydrogens (primary N) is 1. The summed E-state index contributed by atoms with van der Waals surface area (Å²) in [6.45, 7) is 0.386. The summed E-state index contributed by atoms with van der Waals surface area (Å²) in [5, 5.41) is 4.52. The summed E-state index contributed by atoms with van der Waals surface area (Å²) in [6, 6.07) is 15.5. The molecule has 0 atom stereocenters. The maximum atomic E-state index is 5.72. The zero-order chi connectivity index (χ0) is 14.7. The largest absolute Gasteiger partial charge is 0.497 e. The van der Waals surface area contributed by atoms with Crippen molar-refractivity contribution in [1.82, 2.24) is 14.8 Å². The van der Waals surface area contributed by atoms with Crippen LogP contribution in [0.1, 0.15) is 5.69 Å². The second kappa shape index (κ2) is 5.76. The van der Waals surface area contributed by atoms with Crippen LogP contribution in [0.2, 0.25) is 0 Å². The van der Waals surface area contributed by atoms with Crippen molar-refractivity contribution in [2.45, 2.75) is 6.54 Å². The highest BCUT2D eigenvalue weighted by Crippen LogP contribution is 2.26. The fourth-order valence-corrected chi connectivity index (χ4v) is 2.17. The monoisotopic (exact) mass is 280 g/mol. The molecule has 2 aromatic heterocycles. The van der Waals surface area contributed by atoms with Crippen LogP contribution in [0.15, 0.2) is 54.7 Å². The van der Waals surface area contributed by atoms with Crippen molar-refractivity contribution in [2.75, 3.05) is 7.11 Å². The minimum absolute atomic E-state index is 0.386. The van der Waals surface area contributed by atoms with E-state index in [9.17, 15) is 0 Å². The lowest BCUT2D eigenvalue weighted by molar-refractivity contribution is 0.415. The van der Waals surface area contributed by atoms with Gasteiger partial charge in [-0.2, -0.15) is 5.10 Å². The summed E-state index contributed by atoms with van der Waals surface area (Å²) in [5.41, 5.74) is 8.49. The quantitative estimate of drug-likeness (QED) is 0.797. The molecule has 1 aromatic carbocycles. The molecule has 0 amide bonds. The number of methoxy groups -OCH3 is 1. The number of hydrogen-bond acceptors (Lipinski definition) is 4. The van der Waals surface area contributed by atoms with Crippen LogP contribution in [0.4, 0.5) is 0 Å². The van der Waals surface area contributed by atoms with E-state index < -0.39 is 0 Å². The lowest BCUT2D eigenvalue weighted by atomic mass is 10.1. The molecule has 0 spiro atoms. The van der Waals surface area contributed by atoms with Crippen LogP contribution in [0.5, 0.6) is 5.75 Å². The molecule has 0 aliphatic carbocycles. The Morgan fingerprint density at radius 1 is 1.14 bits per heavy atom. The van der Waals surface area contributed by atoms with Gasteiger partial charge in [0.2, 0.25) is 0 Å². The molecule has 21 heavy (non-hydrogen) atoms. The minimum atomic E-state index is 0.386. The van der Waals surface area contributed by atoms with E-state index in [0.717, 1.165) is 28.5 Å². The number of benzene rings is 1. The highest BCUT2D eigenvalue weighted by molar-refractivity contribution is 5.64. The van der Waals surface area contributed by atoms with Gasteiger partial charge in [0.15, 0.2) is 5.82 Å². The number of hydrogen-bond donors (Lipinski definition) is 1. The molecule has 0 saturated heterocycles. The Bertz CT molecular complexity index is 737. The van der Waals surface area contributed by atoms with Crippen LogP contribution in [-0.4, -0.2) is 21.9 Å². The molecule has 0 unspecified atom stereocenters. The van der Waals surface area contributed by atoms with Crippen molar-refractivity contribution in [2.24, 2.45) is 5.73 Å². The fourth-order valence-electron chi connectivity index (χ4n) is 2.17. The minimum Gasteiger partial charge on any atom is -0.497 e. The van der Waals surface area contributed by atoms with Crippen LogP contribution in [0.25, 0.3) is 17.1 Å². The zero-order valence-corrected chi connectivity index (χ0v) is 11.7. The second-order valence-corrected chi connectivity index (χ2v) is 4.56. The predicted octanol–water partition coefficient (Wildman–Crippen LogP) is 2.40. The van der Waals surface area contributed by atoms with E-state index in [4.69, 9.17) is 10.5 Å². The molecule has 0 saturated carbocycles. The summed E-state index contributed by atoms with van der Waals surface area (Å²) in [6.07, 6.45) is 1.74. The molecular formula is C16H16N4O. The number of pyridine rings is 1. The lowest BCUT2D eigenvalue weighted by Gasteiger charge is -2.07. The summed E-state index contributed by atoms with van der Waals surface area (Å²) in [4.78, 5) is 4.35. The Morgan fingerprint density at radius 3 is 2.76 bits per heavy atom. The predicted molar refractivity (Wildman–Crippen MR) is 81.2 cm³/mol. The van der Waals surface area contributed by atoms with Gasteiger partial charge < -0.3 is 10.5 Å². The van der Waals surface area contributed by atoms with E-state index >= 15 is 0 Å². The Morgan fingerprint density at radius 2 is 2.05 bits per heavy atom. The van der Waals surface area contributed by atoms with Gasteiger partial charge in [-0.3, -0.25) is 0 Å². The first-order valence-electron chi connectivity index (χ1n) is 6.66. The maximum absolute atomic E-state index is 5.72. The first-order valence-corrected chi connectivity index (χ1v) is 6.66. The molecule has 5 nitrogen and oxygen atoms in total. The first kappa shape index (κ1) is 13.3. The molecule has 0 aliphatic heterocycles. The average molecular weight is 280 g/mol. The first-order chi connectivity index (χ1) is 10.3. The molecule has 0 bridgehead atoms. The van der Waals surface area contributed by atoms with E-state index in [1.54, 1.807) is 18.0 Å². The van der Waals surface area contributed by atoms with E-state index in [2.05, 4.69) is 10.1 Å². The molecule has 2 heterocycles. The number of rotatable bonds is 4. The number of aromatic nitrogens is 3. The Hall–Kier alpha value is -2.66.